The molecule has 0 bridgehead atoms. The van der Waals surface area contributed by atoms with E-state index in [1.807, 2.05) is 0 Å². The van der Waals surface area contributed by atoms with Crippen LogP contribution in [0.15, 0.2) is 109 Å². The maximum atomic E-state index is 2.50. The second-order valence-corrected chi connectivity index (χ2v) is 10.1. The maximum Gasteiger partial charge on any atom is 0.139 e. The van der Waals surface area contributed by atoms with Gasteiger partial charge in [-0.2, -0.15) is 0 Å². The Bertz CT molecular complexity index is 1710. The number of aromatic nitrogens is 1. The predicted molar refractivity (Wildman–Crippen MR) is 150 cm³/mol. The molecule has 0 N–H and O–H groups in total. The van der Waals surface area contributed by atoms with Crippen LogP contribution < -0.4 is 5.46 Å². The molecule has 5 aromatic carbocycles. The fourth-order valence-corrected chi connectivity index (χ4v) is 6.30. The summed E-state index contributed by atoms with van der Waals surface area (Å²) in [7, 11) is 2.23. The van der Waals surface area contributed by atoms with Crippen molar-refractivity contribution in [1.29, 1.82) is 0 Å². The minimum Gasteiger partial charge on any atom is -0.309 e. The molecule has 0 radical (unpaired) electrons. The summed E-state index contributed by atoms with van der Waals surface area (Å²) in [6.45, 7) is 4.33. The highest BCUT2D eigenvalue weighted by Crippen LogP contribution is 2.53. The van der Waals surface area contributed by atoms with E-state index in [9.17, 15) is 0 Å². The summed E-state index contributed by atoms with van der Waals surface area (Å²) in [5, 5.41) is 2.64. The summed E-state index contributed by atoms with van der Waals surface area (Å²) in [4.78, 5) is 0. The Morgan fingerprint density at radius 3 is 1.89 bits per heavy atom. The Morgan fingerprint density at radius 2 is 1.20 bits per heavy atom. The average molecular weight is 447 g/mol. The molecule has 0 spiro atoms. The second kappa shape index (κ2) is 7.23. The zero-order valence-corrected chi connectivity index (χ0v) is 20.3. The average Bonchev–Trinajstić information content (AvgIpc) is 3.21. The van der Waals surface area contributed by atoms with Gasteiger partial charge in [-0.25, -0.2) is 0 Å². The van der Waals surface area contributed by atoms with Crippen LogP contribution in [0.1, 0.15) is 33.4 Å². The van der Waals surface area contributed by atoms with E-state index in [1.54, 1.807) is 0 Å². The summed E-state index contributed by atoms with van der Waals surface area (Å²) >= 11 is 0. The standard InChI is InChI=1S/C33H26BN/c1-21-11-15-23(16-12-21)33(24-17-13-22(2)14-18-24)28-8-4-6-10-31(28)35-30-9-5-3-7-26(30)27-19-25(34)20-29(33)32(27)35/h3-20H,34H2,1-2H3. The molecule has 2 heterocycles. The Morgan fingerprint density at radius 1 is 0.600 bits per heavy atom. The van der Waals surface area contributed by atoms with Gasteiger partial charge in [-0.3, -0.25) is 0 Å². The van der Waals surface area contributed by atoms with E-state index in [4.69, 9.17) is 0 Å². The van der Waals surface area contributed by atoms with Crippen LogP contribution in [-0.2, 0) is 5.41 Å². The zero-order valence-electron chi connectivity index (χ0n) is 20.3. The van der Waals surface area contributed by atoms with Crippen LogP contribution in [0, 0.1) is 13.8 Å². The number of aryl methyl sites for hydroxylation is 2. The number of nitrogens with zero attached hydrogens (tertiary/aromatic N) is 1. The first-order valence-corrected chi connectivity index (χ1v) is 12.4. The van der Waals surface area contributed by atoms with Gasteiger partial charge in [0.25, 0.3) is 0 Å². The number of hydrogen-bond donors (Lipinski definition) is 0. The molecule has 6 aromatic rings. The SMILES string of the molecule is Bc1cc2c3c(c1)c1ccccc1n3-c1ccccc1C2(c1ccc(C)cc1)c1ccc(C)cc1. The lowest BCUT2D eigenvalue weighted by Crippen LogP contribution is -2.36. The number of fused-ring (bicyclic) bond motifs is 5. The molecular weight excluding hydrogens is 421 g/mol. The highest BCUT2D eigenvalue weighted by Gasteiger charge is 2.45. The highest BCUT2D eigenvalue weighted by molar-refractivity contribution is 6.34. The lowest BCUT2D eigenvalue weighted by atomic mass is 9.62. The normalized spacial score (nSPS) is 13.8. The lowest BCUT2D eigenvalue weighted by molar-refractivity contribution is 0.728. The van der Waals surface area contributed by atoms with Crippen molar-refractivity contribution in [2.75, 3.05) is 0 Å². The smallest absolute Gasteiger partial charge is 0.139 e. The minimum absolute atomic E-state index is 0.410. The molecule has 0 saturated heterocycles. The molecule has 1 aliphatic rings. The van der Waals surface area contributed by atoms with Gasteiger partial charge >= 0.3 is 0 Å². The lowest BCUT2D eigenvalue weighted by Gasteiger charge is -2.42. The first-order chi connectivity index (χ1) is 17.1. The van der Waals surface area contributed by atoms with E-state index in [2.05, 4.69) is 135 Å². The van der Waals surface area contributed by atoms with Crippen molar-refractivity contribution in [2.45, 2.75) is 19.3 Å². The molecule has 0 saturated carbocycles. The highest BCUT2D eigenvalue weighted by atomic mass is 15.0. The van der Waals surface area contributed by atoms with E-state index in [0.29, 0.717) is 0 Å². The molecule has 0 fully saturated rings. The molecule has 0 unspecified atom stereocenters. The van der Waals surface area contributed by atoms with Crippen LogP contribution in [0.25, 0.3) is 27.5 Å². The van der Waals surface area contributed by atoms with Crippen LogP contribution in [0.5, 0.6) is 0 Å². The van der Waals surface area contributed by atoms with Gasteiger partial charge in [0.1, 0.15) is 7.85 Å². The van der Waals surface area contributed by atoms with Gasteiger partial charge in [0.2, 0.25) is 0 Å². The maximum absolute atomic E-state index is 2.50. The molecule has 0 atom stereocenters. The largest absolute Gasteiger partial charge is 0.309 e. The van der Waals surface area contributed by atoms with Crippen molar-refractivity contribution in [3.05, 3.63) is 143 Å². The fraction of sp³-hybridized carbons (Fsp3) is 0.0909. The van der Waals surface area contributed by atoms with Crippen LogP contribution >= 0.6 is 0 Å². The molecule has 166 valence electrons. The van der Waals surface area contributed by atoms with Gasteiger partial charge in [-0.05, 0) is 48.2 Å². The molecule has 7 rings (SSSR count). The first kappa shape index (κ1) is 20.3. The summed E-state index contributed by atoms with van der Waals surface area (Å²) in [6, 6.07) is 41.0. The Hall–Kier alpha value is -4.04. The minimum atomic E-state index is -0.410. The molecule has 35 heavy (non-hydrogen) atoms. The summed E-state index contributed by atoms with van der Waals surface area (Å²) < 4.78 is 2.50. The molecular formula is C33H26BN. The van der Waals surface area contributed by atoms with E-state index in [-0.39, 0.29) is 0 Å². The molecule has 0 amide bonds. The third-order valence-electron chi connectivity index (χ3n) is 7.84. The molecule has 1 aromatic heterocycles. The van der Waals surface area contributed by atoms with Crippen LogP contribution in [-0.4, -0.2) is 12.4 Å². The van der Waals surface area contributed by atoms with E-state index >= 15 is 0 Å². The van der Waals surface area contributed by atoms with Crippen molar-refractivity contribution in [3.63, 3.8) is 0 Å². The molecule has 1 aliphatic heterocycles. The van der Waals surface area contributed by atoms with Crippen molar-refractivity contribution in [2.24, 2.45) is 0 Å². The fourth-order valence-electron chi connectivity index (χ4n) is 6.30. The number of para-hydroxylation sites is 2. The summed E-state index contributed by atoms with van der Waals surface area (Å²) in [5.74, 6) is 0. The van der Waals surface area contributed by atoms with Gasteiger partial charge in [-0.1, -0.05) is 114 Å². The predicted octanol–water partition coefficient (Wildman–Crippen LogP) is 6.36. The number of hydrogen-bond acceptors (Lipinski definition) is 0. The second-order valence-electron chi connectivity index (χ2n) is 10.1. The van der Waals surface area contributed by atoms with Gasteiger partial charge in [0.15, 0.2) is 0 Å². The summed E-state index contributed by atoms with van der Waals surface area (Å²) in [6.07, 6.45) is 0. The monoisotopic (exact) mass is 447 g/mol. The number of rotatable bonds is 2. The summed E-state index contributed by atoms with van der Waals surface area (Å²) in [5.41, 5.74) is 12.6. The topological polar surface area (TPSA) is 4.93 Å². The van der Waals surface area contributed by atoms with Crippen molar-refractivity contribution in [3.8, 4) is 5.69 Å². The molecule has 0 aliphatic carbocycles. The third-order valence-corrected chi connectivity index (χ3v) is 7.84. The quantitative estimate of drug-likeness (QED) is 0.272. The van der Waals surface area contributed by atoms with Crippen molar-refractivity contribution >= 4 is 35.1 Å². The Labute approximate surface area is 207 Å². The van der Waals surface area contributed by atoms with Gasteiger partial charge in [-0.15, -0.1) is 0 Å². The van der Waals surface area contributed by atoms with Crippen molar-refractivity contribution in [1.82, 2.24) is 4.57 Å². The van der Waals surface area contributed by atoms with Crippen LogP contribution in [0.3, 0.4) is 0 Å². The Kier molecular flexibility index (Phi) is 4.20. The van der Waals surface area contributed by atoms with E-state index in [0.717, 1.165) is 0 Å². The number of benzene rings is 5. The van der Waals surface area contributed by atoms with Crippen LogP contribution in [0.2, 0.25) is 0 Å². The van der Waals surface area contributed by atoms with Crippen molar-refractivity contribution < 1.29 is 0 Å². The van der Waals surface area contributed by atoms with E-state index in [1.165, 1.54) is 66.3 Å². The zero-order chi connectivity index (χ0) is 23.7. The van der Waals surface area contributed by atoms with E-state index < -0.39 is 5.41 Å². The third kappa shape index (κ3) is 2.65. The van der Waals surface area contributed by atoms with Gasteiger partial charge < -0.3 is 4.57 Å². The first-order valence-electron chi connectivity index (χ1n) is 12.4. The van der Waals surface area contributed by atoms with Crippen LogP contribution in [0.4, 0.5) is 0 Å². The molecule has 1 nitrogen and oxygen atoms in total. The van der Waals surface area contributed by atoms with Gasteiger partial charge in [0, 0.05) is 10.8 Å². The Balaban J connectivity index is 1.78. The van der Waals surface area contributed by atoms with Gasteiger partial charge in [0.05, 0.1) is 22.1 Å². The molecule has 2 heteroatoms.